The molecular weight excluding hydrogens is 378 g/mol. The molecule has 0 saturated carbocycles. The van der Waals surface area contributed by atoms with Crippen molar-refractivity contribution in [3.8, 4) is 0 Å². The van der Waals surface area contributed by atoms with Gasteiger partial charge in [0.15, 0.2) is 0 Å². The summed E-state index contributed by atoms with van der Waals surface area (Å²) in [5.41, 5.74) is 3.93. The van der Waals surface area contributed by atoms with Crippen LogP contribution in [0.2, 0.25) is 0 Å². The summed E-state index contributed by atoms with van der Waals surface area (Å²) >= 11 is 1.43. The summed E-state index contributed by atoms with van der Waals surface area (Å²) in [6.07, 6.45) is 1.24. The van der Waals surface area contributed by atoms with E-state index >= 15 is 0 Å². The number of amides is 1. The Hall–Kier alpha value is -2.94. The normalized spacial score (nSPS) is 16.5. The number of aromatic nitrogens is 3. The molecule has 28 heavy (non-hydrogen) atoms. The molecule has 0 N–H and O–H groups in total. The van der Waals surface area contributed by atoms with Crippen LogP contribution in [0.15, 0.2) is 29.1 Å². The summed E-state index contributed by atoms with van der Waals surface area (Å²) in [4.78, 5) is 33.3. The summed E-state index contributed by atoms with van der Waals surface area (Å²) < 4.78 is 6.47. The molecule has 0 aliphatic carbocycles. The van der Waals surface area contributed by atoms with Gasteiger partial charge in [0, 0.05) is 24.8 Å². The van der Waals surface area contributed by atoms with Gasteiger partial charge in [0.1, 0.15) is 6.61 Å². The number of nitrogens with zero attached hydrogens (tertiary/aromatic N) is 5. The van der Waals surface area contributed by atoms with E-state index in [1.807, 2.05) is 19.1 Å². The third-order valence-corrected chi connectivity index (χ3v) is 6.18. The van der Waals surface area contributed by atoms with Crippen LogP contribution in [-0.2, 0) is 24.1 Å². The zero-order valence-corrected chi connectivity index (χ0v) is 16.2. The number of ether oxygens (including phenoxy) is 1. The van der Waals surface area contributed by atoms with Gasteiger partial charge in [-0.15, -0.1) is 5.10 Å². The minimum atomic E-state index is -0.279. The first-order valence-electron chi connectivity index (χ1n) is 9.34. The van der Waals surface area contributed by atoms with Crippen LogP contribution < -0.4 is 15.4 Å². The Bertz CT molecular complexity index is 1140. The van der Waals surface area contributed by atoms with Crippen molar-refractivity contribution in [2.45, 2.75) is 26.3 Å². The maximum absolute atomic E-state index is 12.3. The Morgan fingerprint density at radius 1 is 1.25 bits per heavy atom. The Balaban J connectivity index is 1.48. The molecule has 2 aliphatic heterocycles. The maximum atomic E-state index is 12.3. The van der Waals surface area contributed by atoms with E-state index in [1.54, 1.807) is 11.0 Å². The molecule has 1 saturated heterocycles. The average Bonchev–Trinajstić information content (AvgIpc) is 3.33. The molecule has 5 rings (SSSR count). The van der Waals surface area contributed by atoms with Crippen molar-refractivity contribution < 1.29 is 9.53 Å². The first kappa shape index (κ1) is 17.2. The van der Waals surface area contributed by atoms with Crippen molar-refractivity contribution in [1.29, 1.82) is 0 Å². The van der Waals surface area contributed by atoms with Gasteiger partial charge in [0.05, 0.1) is 12.2 Å². The summed E-state index contributed by atoms with van der Waals surface area (Å²) in [7, 11) is 0. The Morgan fingerprint density at radius 2 is 2.14 bits per heavy atom. The summed E-state index contributed by atoms with van der Waals surface area (Å²) in [6, 6.07) is 7.58. The van der Waals surface area contributed by atoms with Crippen LogP contribution in [0.5, 0.6) is 0 Å². The topological polar surface area (TPSA) is 80.0 Å². The fourth-order valence-corrected chi connectivity index (χ4v) is 4.72. The number of aryl methyl sites for hydroxylation is 1. The lowest BCUT2D eigenvalue weighted by Gasteiger charge is -2.30. The van der Waals surface area contributed by atoms with Gasteiger partial charge in [0.25, 0.3) is 5.56 Å². The van der Waals surface area contributed by atoms with E-state index in [0.29, 0.717) is 24.7 Å². The fraction of sp³-hybridized carbons (Fsp3) is 0.368. The van der Waals surface area contributed by atoms with Crippen LogP contribution in [0.4, 0.5) is 15.6 Å². The highest BCUT2D eigenvalue weighted by Crippen LogP contribution is 2.33. The van der Waals surface area contributed by atoms with E-state index in [2.05, 4.69) is 21.0 Å². The molecule has 0 radical (unpaired) electrons. The predicted molar refractivity (Wildman–Crippen MR) is 106 cm³/mol. The molecule has 8 nitrogen and oxygen atoms in total. The van der Waals surface area contributed by atoms with E-state index < -0.39 is 0 Å². The summed E-state index contributed by atoms with van der Waals surface area (Å²) in [6.45, 7) is 4.45. The number of fused-ring (bicyclic) bond motifs is 2. The molecule has 0 atom stereocenters. The van der Waals surface area contributed by atoms with Gasteiger partial charge in [0.2, 0.25) is 10.1 Å². The van der Waals surface area contributed by atoms with E-state index in [4.69, 9.17) is 4.74 Å². The molecule has 3 aromatic rings. The van der Waals surface area contributed by atoms with Gasteiger partial charge in [-0.05, 0) is 30.0 Å². The summed E-state index contributed by atoms with van der Waals surface area (Å²) in [5, 5.41) is 5.28. The lowest BCUT2D eigenvalue weighted by Crippen LogP contribution is -2.33. The van der Waals surface area contributed by atoms with Gasteiger partial charge in [-0.3, -0.25) is 9.69 Å². The van der Waals surface area contributed by atoms with Crippen LogP contribution in [0.1, 0.15) is 23.7 Å². The second-order valence-corrected chi connectivity index (χ2v) is 7.81. The Kier molecular flexibility index (Phi) is 4.04. The van der Waals surface area contributed by atoms with E-state index in [9.17, 15) is 9.59 Å². The molecular formula is C19H19N5O3S. The molecule has 0 unspecified atom stereocenters. The third-order valence-electron chi connectivity index (χ3n) is 5.21. The van der Waals surface area contributed by atoms with E-state index in [0.717, 1.165) is 41.5 Å². The predicted octanol–water partition coefficient (Wildman–Crippen LogP) is 2.23. The van der Waals surface area contributed by atoms with Crippen molar-refractivity contribution in [3.05, 3.63) is 51.4 Å². The summed E-state index contributed by atoms with van der Waals surface area (Å²) in [5.74, 6) is 0. The van der Waals surface area contributed by atoms with Crippen molar-refractivity contribution in [2.24, 2.45) is 0 Å². The average molecular weight is 397 g/mol. The molecule has 1 aromatic carbocycles. The Morgan fingerprint density at radius 3 is 2.93 bits per heavy atom. The van der Waals surface area contributed by atoms with Gasteiger partial charge in [-0.25, -0.2) is 9.78 Å². The van der Waals surface area contributed by atoms with Crippen LogP contribution in [0.25, 0.3) is 4.96 Å². The first-order chi connectivity index (χ1) is 13.6. The quantitative estimate of drug-likeness (QED) is 0.674. The van der Waals surface area contributed by atoms with Crippen molar-refractivity contribution in [1.82, 2.24) is 14.6 Å². The molecule has 0 bridgehead atoms. The standard InChI is InChI=1S/C19H19N5O3S/c1-2-13-10-16(25)24-17(20-13)28-18(21-24)22-7-6-14-12(11-22)4-3-5-15(14)23-8-9-27-19(23)26/h3-5,10H,2,6-9,11H2,1H3. The molecule has 144 valence electrons. The SMILES string of the molecule is CCc1cc(=O)n2nc(N3CCc4c(cccc4N4CCOC4=O)C3)sc2n1. The van der Waals surface area contributed by atoms with Gasteiger partial charge in [-0.2, -0.15) is 4.52 Å². The maximum Gasteiger partial charge on any atom is 0.414 e. The highest BCUT2D eigenvalue weighted by molar-refractivity contribution is 7.20. The minimum Gasteiger partial charge on any atom is -0.447 e. The van der Waals surface area contributed by atoms with Crippen LogP contribution >= 0.6 is 11.3 Å². The van der Waals surface area contributed by atoms with E-state index in [-0.39, 0.29) is 11.7 Å². The molecule has 0 spiro atoms. The number of hydrogen-bond acceptors (Lipinski definition) is 7. The fourth-order valence-electron chi connectivity index (χ4n) is 3.77. The van der Waals surface area contributed by atoms with Gasteiger partial charge < -0.3 is 9.64 Å². The number of hydrogen-bond donors (Lipinski definition) is 0. The zero-order valence-electron chi connectivity index (χ0n) is 15.4. The highest BCUT2D eigenvalue weighted by atomic mass is 32.1. The van der Waals surface area contributed by atoms with Crippen LogP contribution in [0.3, 0.4) is 0 Å². The molecule has 4 heterocycles. The highest BCUT2D eigenvalue weighted by Gasteiger charge is 2.29. The van der Waals surface area contributed by atoms with E-state index in [1.165, 1.54) is 21.4 Å². The monoisotopic (exact) mass is 397 g/mol. The number of benzene rings is 1. The Labute approximate surface area is 165 Å². The number of cyclic esters (lactones) is 1. The largest absolute Gasteiger partial charge is 0.447 e. The number of carbonyl (C=O) groups excluding carboxylic acids is 1. The van der Waals surface area contributed by atoms with Crippen molar-refractivity contribution in [2.75, 3.05) is 29.5 Å². The van der Waals surface area contributed by atoms with Crippen molar-refractivity contribution >= 4 is 33.2 Å². The lowest BCUT2D eigenvalue weighted by molar-refractivity contribution is 0.181. The lowest BCUT2D eigenvalue weighted by atomic mass is 9.97. The van der Waals surface area contributed by atoms with Gasteiger partial charge >= 0.3 is 6.09 Å². The molecule has 2 aliphatic rings. The van der Waals surface area contributed by atoms with Crippen LogP contribution in [0, 0.1) is 0 Å². The molecule has 1 fully saturated rings. The first-order valence-corrected chi connectivity index (χ1v) is 10.2. The molecule has 1 amide bonds. The zero-order chi connectivity index (χ0) is 19.3. The number of rotatable bonds is 3. The minimum absolute atomic E-state index is 0.142. The number of anilines is 2. The smallest absolute Gasteiger partial charge is 0.414 e. The van der Waals surface area contributed by atoms with Crippen LogP contribution in [-0.4, -0.2) is 40.4 Å². The van der Waals surface area contributed by atoms with Gasteiger partial charge in [-0.1, -0.05) is 30.4 Å². The number of carbonyl (C=O) groups is 1. The molecule has 9 heteroatoms. The van der Waals surface area contributed by atoms with Crippen molar-refractivity contribution in [3.63, 3.8) is 0 Å². The molecule has 2 aromatic heterocycles. The second-order valence-electron chi connectivity index (χ2n) is 6.87. The third kappa shape index (κ3) is 2.73. The second kappa shape index (κ2) is 6.59.